The molecule has 0 bridgehead atoms. The molecule has 0 spiro atoms. The quantitative estimate of drug-likeness (QED) is 0.797. The van der Waals surface area contributed by atoms with Crippen LogP contribution in [0.5, 0.6) is 0 Å². The van der Waals surface area contributed by atoms with Crippen molar-refractivity contribution >= 4 is 33.0 Å². The predicted octanol–water partition coefficient (Wildman–Crippen LogP) is 2.80. The summed E-state index contributed by atoms with van der Waals surface area (Å²) in [6.45, 7) is 0.989. The summed E-state index contributed by atoms with van der Waals surface area (Å²) in [5.41, 5.74) is -0.558. The van der Waals surface area contributed by atoms with Gasteiger partial charge in [-0.2, -0.15) is 17.5 Å². The largest absolute Gasteiger partial charge is 0.416 e. The highest BCUT2D eigenvalue weighted by Crippen LogP contribution is 2.33. The van der Waals surface area contributed by atoms with E-state index in [4.69, 9.17) is 4.74 Å². The molecule has 0 radical (unpaired) electrons. The lowest BCUT2D eigenvalue weighted by Crippen LogP contribution is -2.40. The van der Waals surface area contributed by atoms with Crippen molar-refractivity contribution in [2.24, 2.45) is 4.99 Å². The Balaban J connectivity index is 1.74. The fourth-order valence-electron chi connectivity index (χ4n) is 3.22. The van der Waals surface area contributed by atoms with Crippen LogP contribution < -0.4 is 5.32 Å². The van der Waals surface area contributed by atoms with Crippen molar-refractivity contribution in [1.82, 2.24) is 4.31 Å². The van der Waals surface area contributed by atoms with Crippen LogP contribution >= 0.6 is 0 Å². The van der Waals surface area contributed by atoms with E-state index in [2.05, 4.69) is 10.3 Å². The standard InChI is InChI=1S/C19H16F3N3O4S/c20-19(21,22)12-2-1-3-13(10-12)23-17-15-11-14(4-5-16(15)24-18(17)26)30(27,28)25-6-8-29-9-7-25/h1-5,10-11H,6-9H2,(H,23,24,26). The summed E-state index contributed by atoms with van der Waals surface area (Å²) in [6, 6.07) is 8.37. The monoisotopic (exact) mass is 439 g/mol. The Kier molecular flexibility index (Phi) is 5.12. The molecule has 1 N–H and O–H groups in total. The van der Waals surface area contributed by atoms with Crippen LogP contribution in [0.1, 0.15) is 11.1 Å². The number of rotatable bonds is 3. The fourth-order valence-corrected chi connectivity index (χ4v) is 4.66. The number of benzene rings is 2. The molecule has 11 heteroatoms. The number of anilines is 1. The number of morpholine rings is 1. The lowest BCUT2D eigenvalue weighted by Gasteiger charge is -2.26. The summed E-state index contributed by atoms with van der Waals surface area (Å²) in [5.74, 6) is -0.622. The van der Waals surface area contributed by atoms with Gasteiger partial charge in [-0.3, -0.25) is 4.79 Å². The summed E-state index contributed by atoms with van der Waals surface area (Å²) in [4.78, 5) is 16.4. The Morgan fingerprint density at radius 2 is 1.80 bits per heavy atom. The van der Waals surface area contributed by atoms with E-state index < -0.39 is 27.7 Å². The molecule has 1 amide bonds. The second-order valence-corrected chi connectivity index (χ2v) is 8.62. The highest BCUT2D eigenvalue weighted by molar-refractivity contribution is 7.89. The zero-order valence-electron chi connectivity index (χ0n) is 15.4. The van der Waals surface area contributed by atoms with Gasteiger partial charge in [-0.1, -0.05) is 6.07 Å². The van der Waals surface area contributed by atoms with Crippen LogP contribution in [0.4, 0.5) is 24.5 Å². The summed E-state index contributed by atoms with van der Waals surface area (Å²) >= 11 is 0. The average Bonchev–Trinajstić information content (AvgIpc) is 3.03. The summed E-state index contributed by atoms with van der Waals surface area (Å²) < 4.78 is 71.1. The molecule has 0 unspecified atom stereocenters. The van der Waals surface area contributed by atoms with Gasteiger partial charge in [-0.25, -0.2) is 13.4 Å². The molecule has 2 aromatic carbocycles. The van der Waals surface area contributed by atoms with Crippen molar-refractivity contribution in [3.63, 3.8) is 0 Å². The van der Waals surface area contributed by atoms with Gasteiger partial charge in [0.2, 0.25) is 10.0 Å². The van der Waals surface area contributed by atoms with E-state index in [1.54, 1.807) is 0 Å². The number of carbonyl (C=O) groups excluding carboxylic acids is 1. The first-order chi connectivity index (χ1) is 14.2. The van der Waals surface area contributed by atoms with Gasteiger partial charge in [0.15, 0.2) is 0 Å². The van der Waals surface area contributed by atoms with Gasteiger partial charge in [0.1, 0.15) is 5.71 Å². The van der Waals surface area contributed by atoms with Crippen LogP contribution in [-0.2, 0) is 25.7 Å². The first-order valence-corrected chi connectivity index (χ1v) is 10.4. The van der Waals surface area contributed by atoms with Gasteiger partial charge in [-0.05, 0) is 36.4 Å². The zero-order valence-corrected chi connectivity index (χ0v) is 16.3. The number of hydrogen-bond donors (Lipinski definition) is 1. The number of hydrogen-bond acceptors (Lipinski definition) is 5. The summed E-state index contributed by atoms with van der Waals surface area (Å²) in [7, 11) is -3.81. The third-order valence-electron chi connectivity index (χ3n) is 4.73. The third kappa shape index (κ3) is 3.83. The van der Waals surface area contributed by atoms with Gasteiger partial charge in [0, 0.05) is 18.7 Å². The Bertz CT molecular complexity index is 1140. The second-order valence-electron chi connectivity index (χ2n) is 6.69. The normalized spacial score (nSPS) is 19.0. The number of fused-ring (bicyclic) bond motifs is 1. The smallest absolute Gasteiger partial charge is 0.379 e. The molecule has 4 rings (SSSR count). The molecule has 0 aromatic heterocycles. The molecule has 30 heavy (non-hydrogen) atoms. The predicted molar refractivity (Wildman–Crippen MR) is 102 cm³/mol. The van der Waals surface area contributed by atoms with Gasteiger partial charge in [0.25, 0.3) is 5.91 Å². The number of halogens is 3. The van der Waals surface area contributed by atoms with Gasteiger partial charge in [-0.15, -0.1) is 0 Å². The van der Waals surface area contributed by atoms with Crippen LogP contribution in [0.25, 0.3) is 0 Å². The minimum absolute atomic E-state index is 0.0311. The molecule has 2 aliphatic heterocycles. The number of amides is 1. The highest BCUT2D eigenvalue weighted by atomic mass is 32.2. The summed E-state index contributed by atoms with van der Waals surface area (Å²) in [6.07, 6.45) is -4.55. The molecule has 0 aliphatic carbocycles. The summed E-state index contributed by atoms with van der Waals surface area (Å²) in [5, 5.41) is 2.55. The molecule has 1 fully saturated rings. The number of nitrogens with one attached hydrogen (secondary N) is 1. The third-order valence-corrected chi connectivity index (χ3v) is 6.63. The molecular weight excluding hydrogens is 423 g/mol. The number of carbonyl (C=O) groups is 1. The van der Waals surface area contributed by atoms with Crippen LogP contribution in [-0.4, -0.2) is 50.6 Å². The lowest BCUT2D eigenvalue weighted by molar-refractivity contribution is -0.137. The van der Waals surface area contributed by atoms with Crippen molar-refractivity contribution < 1.29 is 31.1 Å². The van der Waals surface area contributed by atoms with Crippen molar-refractivity contribution in [2.75, 3.05) is 31.6 Å². The molecule has 2 aromatic rings. The number of aliphatic imine (C=N–C) groups is 1. The number of nitrogens with zero attached hydrogens (tertiary/aromatic N) is 2. The highest BCUT2D eigenvalue weighted by Gasteiger charge is 2.33. The first kappa shape index (κ1) is 20.5. The maximum absolute atomic E-state index is 13.0. The number of sulfonamides is 1. The van der Waals surface area contributed by atoms with E-state index in [0.717, 1.165) is 12.1 Å². The average molecular weight is 439 g/mol. The van der Waals surface area contributed by atoms with Crippen LogP contribution in [0.3, 0.4) is 0 Å². The Morgan fingerprint density at radius 3 is 2.50 bits per heavy atom. The maximum Gasteiger partial charge on any atom is 0.416 e. The van der Waals surface area contributed by atoms with Crippen LogP contribution in [0.2, 0.25) is 0 Å². The molecule has 7 nitrogen and oxygen atoms in total. The lowest BCUT2D eigenvalue weighted by atomic mass is 10.1. The maximum atomic E-state index is 13.0. The van der Waals surface area contributed by atoms with Crippen molar-refractivity contribution in [3.05, 3.63) is 53.6 Å². The van der Waals surface area contributed by atoms with Crippen molar-refractivity contribution in [2.45, 2.75) is 11.1 Å². The Labute approximate surface area is 170 Å². The zero-order chi connectivity index (χ0) is 21.5. The van der Waals surface area contributed by atoms with Crippen LogP contribution in [0, 0.1) is 0 Å². The van der Waals surface area contributed by atoms with Gasteiger partial charge < -0.3 is 10.1 Å². The molecule has 1 saturated heterocycles. The SMILES string of the molecule is O=C1Nc2ccc(S(=O)(=O)N3CCOCC3)cc2C1=Nc1cccc(C(F)(F)F)c1. The van der Waals surface area contributed by atoms with E-state index in [9.17, 15) is 26.4 Å². The Morgan fingerprint density at radius 1 is 1.07 bits per heavy atom. The van der Waals surface area contributed by atoms with E-state index in [1.807, 2.05) is 0 Å². The van der Waals surface area contributed by atoms with E-state index >= 15 is 0 Å². The topological polar surface area (TPSA) is 88.1 Å². The van der Waals surface area contributed by atoms with E-state index in [0.29, 0.717) is 5.69 Å². The van der Waals surface area contributed by atoms with Gasteiger partial charge in [0.05, 0.1) is 35.0 Å². The minimum atomic E-state index is -4.55. The first-order valence-electron chi connectivity index (χ1n) is 8.96. The molecule has 2 heterocycles. The number of alkyl halides is 3. The minimum Gasteiger partial charge on any atom is -0.379 e. The second kappa shape index (κ2) is 7.49. The van der Waals surface area contributed by atoms with Gasteiger partial charge >= 0.3 is 6.18 Å². The molecule has 2 aliphatic rings. The fraction of sp³-hybridized carbons (Fsp3) is 0.263. The molecule has 158 valence electrons. The number of ether oxygens (including phenoxy) is 1. The van der Waals surface area contributed by atoms with Crippen LogP contribution in [0.15, 0.2) is 52.4 Å². The van der Waals surface area contributed by atoms with Crippen molar-refractivity contribution in [1.29, 1.82) is 0 Å². The Hall–Kier alpha value is -2.76. The molecule has 0 atom stereocenters. The van der Waals surface area contributed by atoms with Crippen molar-refractivity contribution in [3.8, 4) is 0 Å². The van der Waals surface area contributed by atoms with E-state index in [1.165, 1.54) is 34.6 Å². The molecule has 0 saturated carbocycles. The molecular formula is C19H16F3N3O4S. The van der Waals surface area contributed by atoms with E-state index in [-0.39, 0.29) is 48.2 Å².